The molecule has 0 heterocycles. The van der Waals surface area contributed by atoms with Crippen LogP contribution in [0, 0.1) is 0 Å². The third kappa shape index (κ3) is 2.39. The van der Waals surface area contributed by atoms with Gasteiger partial charge in [0.25, 0.3) is 0 Å². The molecule has 0 aliphatic carbocycles. The Bertz CT molecular complexity index is 188. The van der Waals surface area contributed by atoms with E-state index in [1.807, 2.05) is 6.92 Å². The van der Waals surface area contributed by atoms with Crippen LogP contribution in [-0.2, 0) is 10.9 Å². The van der Waals surface area contributed by atoms with E-state index in [0.717, 1.165) is 5.70 Å². The van der Waals surface area contributed by atoms with Crippen LogP contribution in [0.2, 0.25) is 0 Å². The van der Waals surface area contributed by atoms with Crippen LogP contribution in [-0.4, -0.2) is 19.3 Å². The smallest absolute Gasteiger partial charge is 0.224 e. The first-order chi connectivity index (χ1) is 4.63. The lowest BCUT2D eigenvalue weighted by Crippen LogP contribution is -2.18. The van der Waals surface area contributed by atoms with E-state index in [1.165, 1.54) is 4.31 Å². The van der Waals surface area contributed by atoms with Crippen LogP contribution in [0.3, 0.4) is 0 Å². The lowest BCUT2D eigenvalue weighted by atomic mass is 10.4. The van der Waals surface area contributed by atoms with Crippen molar-refractivity contribution < 1.29 is 8.42 Å². The second-order valence-corrected chi connectivity index (χ2v) is 2.84. The summed E-state index contributed by atoms with van der Waals surface area (Å²) in [4.78, 5) is 0. The highest BCUT2D eigenvalue weighted by molar-refractivity contribution is 7.70. The zero-order chi connectivity index (χ0) is 8.15. The van der Waals surface area contributed by atoms with Gasteiger partial charge in [0.2, 0.25) is 10.9 Å². The van der Waals surface area contributed by atoms with Crippen molar-refractivity contribution in [2.24, 2.45) is 0 Å². The largest absolute Gasteiger partial charge is 0.277 e. The quantitative estimate of drug-likeness (QED) is 0.624. The van der Waals surface area contributed by atoms with E-state index in [9.17, 15) is 8.42 Å². The fourth-order valence-corrected chi connectivity index (χ4v) is 1.25. The van der Waals surface area contributed by atoms with Gasteiger partial charge >= 0.3 is 0 Å². The van der Waals surface area contributed by atoms with Crippen molar-refractivity contribution in [3.05, 3.63) is 11.8 Å². The summed E-state index contributed by atoms with van der Waals surface area (Å²) >= 11 is 0. The summed E-state index contributed by atoms with van der Waals surface area (Å²) in [5.74, 6) is 0. The fraction of sp³-hybridized carbons (Fsp3) is 0.667. The maximum absolute atomic E-state index is 10.5. The van der Waals surface area contributed by atoms with Crippen molar-refractivity contribution in [1.82, 2.24) is 4.31 Å². The van der Waals surface area contributed by atoms with Crippen LogP contribution in [0.5, 0.6) is 0 Å². The predicted octanol–water partition coefficient (Wildman–Crippen LogP) is 0.758. The number of hydrogen-bond acceptors (Lipinski definition) is 2. The van der Waals surface area contributed by atoms with Gasteiger partial charge in [-0.3, -0.25) is 4.31 Å². The van der Waals surface area contributed by atoms with Gasteiger partial charge in [-0.2, -0.15) is 0 Å². The van der Waals surface area contributed by atoms with Gasteiger partial charge in [-0.1, -0.05) is 6.08 Å². The molecular formula is C6H13NO2S. The van der Waals surface area contributed by atoms with E-state index < -0.39 is 10.9 Å². The van der Waals surface area contributed by atoms with E-state index >= 15 is 0 Å². The normalized spacial score (nSPS) is 12.2. The van der Waals surface area contributed by atoms with Gasteiger partial charge in [0.15, 0.2) is 0 Å². The van der Waals surface area contributed by atoms with Gasteiger partial charge in [-0.15, -0.1) is 0 Å². The van der Waals surface area contributed by atoms with Crippen molar-refractivity contribution >= 4 is 10.9 Å². The fourth-order valence-electron chi connectivity index (χ4n) is 0.643. The van der Waals surface area contributed by atoms with Gasteiger partial charge in [0.1, 0.15) is 0 Å². The zero-order valence-electron chi connectivity index (χ0n) is 6.50. The Labute approximate surface area is 63.4 Å². The van der Waals surface area contributed by atoms with E-state index in [4.69, 9.17) is 0 Å². The van der Waals surface area contributed by atoms with Crippen LogP contribution in [0.4, 0.5) is 0 Å². The van der Waals surface area contributed by atoms with Gasteiger partial charge in [-0.05, 0) is 20.8 Å². The molecule has 60 valence electrons. The monoisotopic (exact) mass is 163 g/mol. The maximum atomic E-state index is 10.5. The minimum absolute atomic E-state index is 0.509. The summed E-state index contributed by atoms with van der Waals surface area (Å²) in [6, 6.07) is 0. The van der Waals surface area contributed by atoms with Crippen molar-refractivity contribution in [2.75, 3.05) is 6.54 Å². The molecular weight excluding hydrogens is 150 g/mol. The van der Waals surface area contributed by atoms with Gasteiger partial charge in [0.05, 0.1) is 0 Å². The Morgan fingerprint density at radius 3 is 2.20 bits per heavy atom. The molecule has 0 aromatic carbocycles. The molecule has 0 amide bonds. The van der Waals surface area contributed by atoms with Crippen molar-refractivity contribution in [3.63, 3.8) is 0 Å². The highest BCUT2D eigenvalue weighted by Gasteiger charge is 2.01. The Hall–Kier alpha value is -0.510. The van der Waals surface area contributed by atoms with Gasteiger partial charge in [-0.25, -0.2) is 8.42 Å². The lowest BCUT2D eigenvalue weighted by Gasteiger charge is -2.14. The summed E-state index contributed by atoms with van der Waals surface area (Å²) in [5, 5.41) is 0. The SMILES string of the molecule is C/C=C(\C)N(CC)[SH](=O)=O. The third-order valence-electron chi connectivity index (χ3n) is 1.32. The molecule has 0 fully saturated rings. The third-order valence-corrected chi connectivity index (χ3v) is 2.31. The Morgan fingerprint density at radius 1 is 1.60 bits per heavy atom. The number of hydrogen-bond donors (Lipinski definition) is 1. The first kappa shape index (κ1) is 9.49. The molecule has 0 saturated carbocycles. The minimum Gasteiger partial charge on any atom is -0.277 e. The Morgan fingerprint density at radius 2 is 2.10 bits per heavy atom. The first-order valence-electron chi connectivity index (χ1n) is 3.18. The van der Waals surface area contributed by atoms with E-state index in [2.05, 4.69) is 0 Å². The molecule has 0 aliphatic rings. The minimum atomic E-state index is -2.44. The summed E-state index contributed by atoms with van der Waals surface area (Å²) in [6.45, 7) is 5.90. The van der Waals surface area contributed by atoms with Crippen LogP contribution >= 0.6 is 0 Å². The average molecular weight is 163 g/mol. The molecule has 4 heteroatoms. The van der Waals surface area contributed by atoms with Crippen molar-refractivity contribution in [1.29, 1.82) is 0 Å². The molecule has 0 aliphatic heterocycles. The first-order valence-corrected chi connectivity index (χ1v) is 4.31. The van der Waals surface area contributed by atoms with Gasteiger partial charge in [0, 0.05) is 12.2 Å². The molecule has 3 nitrogen and oxygen atoms in total. The van der Waals surface area contributed by atoms with Crippen molar-refractivity contribution in [3.8, 4) is 0 Å². The number of nitrogens with zero attached hydrogens (tertiary/aromatic N) is 1. The number of thiol groups is 1. The molecule has 0 spiro atoms. The predicted molar refractivity (Wildman–Crippen MR) is 42.1 cm³/mol. The van der Waals surface area contributed by atoms with Gasteiger partial charge < -0.3 is 0 Å². The molecule has 0 radical (unpaired) electrons. The molecule has 10 heavy (non-hydrogen) atoms. The molecule has 0 bridgehead atoms. The highest BCUT2D eigenvalue weighted by atomic mass is 32.2. The lowest BCUT2D eigenvalue weighted by molar-refractivity contribution is 0.511. The Kier molecular flexibility index (Phi) is 4.11. The van der Waals surface area contributed by atoms with E-state index in [1.54, 1.807) is 19.9 Å². The summed E-state index contributed by atoms with van der Waals surface area (Å²) in [7, 11) is -2.44. The molecule has 0 rings (SSSR count). The Balaban J connectivity index is 4.36. The van der Waals surface area contributed by atoms with E-state index in [0.29, 0.717) is 6.54 Å². The zero-order valence-corrected chi connectivity index (χ0v) is 7.39. The van der Waals surface area contributed by atoms with E-state index in [-0.39, 0.29) is 0 Å². The highest BCUT2D eigenvalue weighted by Crippen LogP contribution is 2.00. The summed E-state index contributed by atoms with van der Waals surface area (Å²) in [5.41, 5.74) is 0.776. The van der Waals surface area contributed by atoms with Crippen molar-refractivity contribution in [2.45, 2.75) is 20.8 Å². The second-order valence-electron chi connectivity index (χ2n) is 1.88. The maximum Gasteiger partial charge on any atom is 0.224 e. The second kappa shape index (κ2) is 4.33. The molecule has 0 saturated heterocycles. The number of allylic oxidation sites excluding steroid dienone is 2. The number of rotatable bonds is 3. The summed E-state index contributed by atoms with van der Waals surface area (Å²) < 4.78 is 22.2. The topological polar surface area (TPSA) is 37.4 Å². The van der Waals surface area contributed by atoms with Crippen LogP contribution in [0.1, 0.15) is 20.8 Å². The van der Waals surface area contributed by atoms with Crippen LogP contribution in [0.25, 0.3) is 0 Å². The standard InChI is InChI=1S/C6H13NO2S/c1-4-6(3)7(5-2)10(8)9/h4,10H,5H2,1-3H3/b6-4+. The molecule has 0 N–H and O–H groups in total. The van der Waals surface area contributed by atoms with Crippen LogP contribution in [0.15, 0.2) is 11.8 Å². The molecule has 0 aromatic rings. The molecule has 0 unspecified atom stereocenters. The molecule has 0 atom stereocenters. The summed E-state index contributed by atoms with van der Waals surface area (Å²) in [6.07, 6.45) is 1.77. The average Bonchev–Trinajstić information content (AvgIpc) is 1.88. The molecule has 0 aromatic heterocycles. The van der Waals surface area contributed by atoms with Crippen LogP contribution < -0.4 is 0 Å².